The van der Waals surface area contributed by atoms with Crippen LogP contribution in [0.25, 0.3) is 0 Å². The van der Waals surface area contributed by atoms with Crippen LogP contribution in [0.1, 0.15) is 51.4 Å². The minimum absolute atomic E-state index is 0.699. The Bertz CT molecular complexity index is 333. The molecule has 0 spiro atoms. The Kier molecular flexibility index (Phi) is 11.1. The van der Waals surface area contributed by atoms with E-state index >= 15 is 0 Å². The average Bonchev–Trinajstić information content (AvgIpc) is 2.40. The first-order chi connectivity index (χ1) is 10.3. The molecular formula is C16H32B2N4. The fraction of sp³-hybridized carbons (Fsp3) is 0.875. The summed E-state index contributed by atoms with van der Waals surface area (Å²) in [6.45, 7) is 2.10. The molecule has 0 aliphatic carbocycles. The first-order valence-electron chi connectivity index (χ1n) is 8.46. The molecule has 0 aromatic rings. The Labute approximate surface area is 139 Å². The van der Waals surface area contributed by atoms with Gasteiger partial charge in [-0.15, -0.1) is 11.9 Å². The maximum absolute atomic E-state index is 8.69. The molecule has 6 heteroatoms. The SMILES string of the molecule is C[N+](C)([B-]C#N)CCCCCCCCCC[N+](C)(C)[B-]C#N. The van der Waals surface area contributed by atoms with Gasteiger partial charge in [0.1, 0.15) is 14.8 Å². The van der Waals surface area contributed by atoms with Crippen LogP contribution in [-0.2, 0) is 0 Å². The van der Waals surface area contributed by atoms with Crippen molar-refractivity contribution in [2.75, 3.05) is 41.3 Å². The summed E-state index contributed by atoms with van der Waals surface area (Å²) in [6, 6.07) is 0. The van der Waals surface area contributed by atoms with Gasteiger partial charge in [0.2, 0.25) is 0 Å². The summed E-state index contributed by atoms with van der Waals surface area (Å²) in [4.78, 5) is 0. The highest BCUT2D eigenvalue weighted by Crippen LogP contribution is 2.11. The molecule has 0 aromatic carbocycles. The van der Waals surface area contributed by atoms with Crippen molar-refractivity contribution in [2.45, 2.75) is 51.4 Å². The number of nitrogens with zero attached hydrogens (tertiary/aromatic N) is 4. The Balaban J connectivity index is 3.38. The fourth-order valence-electron chi connectivity index (χ4n) is 2.54. The molecule has 22 heavy (non-hydrogen) atoms. The van der Waals surface area contributed by atoms with E-state index in [4.69, 9.17) is 10.5 Å². The van der Waals surface area contributed by atoms with E-state index in [-0.39, 0.29) is 0 Å². The van der Waals surface area contributed by atoms with E-state index in [2.05, 4.69) is 40.1 Å². The molecule has 0 amide bonds. The van der Waals surface area contributed by atoms with Gasteiger partial charge in [0.25, 0.3) is 0 Å². The monoisotopic (exact) mass is 302 g/mol. The van der Waals surface area contributed by atoms with Gasteiger partial charge in [0, 0.05) is 41.3 Å². The minimum Gasteiger partial charge on any atom is -0.553 e. The molecule has 0 fully saturated rings. The molecule has 0 unspecified atom stereocenters. The van der Waals surface area contributed by atoms with Crippen molar-refractivity contribution in [1.29, 1.82) is 10.5 Å². The van der Waals surface area contributed by atoms with Crippen LogP contribution >= 0.6 is 0 Å². The second kappa shape index (κ2) is 11.6. The van der Waals surface area contributed by atoms with Gasteiger partial charge in [0.15, 0.2) is 0 Å². The summed E-state index contributed by atoms with van der Waals surface area (Å²) in [5.74, 6) is 4.27. The van der Waals surface area contributed by atoms with Crippen molar-refractivity contribution in [3.05, 3.63) is 0 Å². The zero-order valence-corrected chi connectivity index (χ0v) is 15.0. The largest absolute Gasteiger partial charge is 0.553 e. The van der Waals surface area contributed by atoms with E-state index < -0.39 is 0 Å². The molecule has 0 aliphatic rings. The van der Waals surface area contributed by atoms with Gasteiger partial charge >= 0.3 is 0 Å². The van der Waals surface area contributed by atoms with Crippen LogP contribution in [0.2, 0.25) is 0 Å². The predicted octanol–water partition coefficient (Wildman–Crippen LogP) is 2.46. The first kappa shape index (κ1) is 21.0. The molecule has 0 saturated carbocycles. The first-order valence-corrected chi connectivity index (χ1v) is 8.46. The van der Waals surface area contributed by atoms with Gasteiger partial charge < -0.3 is 8.79 Å². The molecule has 0 rings (SSSR count). The number of hydrogen-bond donors (Lipinski definition) is 0. The van der Waals surface area contributed by atoms with E-state index in [9.17, 15) is 0 Å². The van der Waals surface area contributed by atoms with Crippen LogP contribution in [0.15, 0.2) is 0 Å². The molecule has 0 aliphatic heterocycles. The van der Waals surface area contributed by atoms with Crippen molar-refractivity contribution in [2.24, 2.45) is 0 Å². The van der Waals surface area contributed by atoms with Crippen LogP contribution in [0.4, 0.5) is 0 Å². The number of nitriles is 2. The molecule has 0 heterocycles. The van der Waals surface area contributed by atoms with Crippen LogP contribution in [0.5, 0.6) is 0 Å². The second-order valence-corrected chi connectivity index (χ2v) is 7.35. The van der Waals surface area contributed by atoms with Gasteiger partial charge in [-0.05, 0) is 25.7 Å². The van der Waals surface area contributed by atoms with E-state index in [1.807, 2.05) is 0 Å². The summed E-state index contributed by atoms with van der Waals surface area (Å²) in [5.41, 5.74) is 0. The molecular weight excluding hydrogens is 270 g/mol. The van der Waals surface area contributed by atoms with Gasteiger partial charge in [-0.3, -0.25) is 0 Å². The Morgan fingerprint density at radius 1 is 0.591 bits per heavy atom. The lowest BCUT2D eigenvalue weighted by atomic mass is 9.90. The van der Waals surface area contributed by atoms with Gasteiger partial charge in [-0.25, -0.2) is 10.5 Å². The van der Waals surface area contributed by atoms with E-state index in [1.54, 1.807) is 14.8 Å². The van der Waals surface area contributed by atoms with Crippen molar-refractivity contribution in [3.63, 3.8) is 0 Å². The summed E-state index contributed by atoms with van der Waals surface area (Å²) < 4.78 is 1.40. The third-order valence-corrected chi connectivity index (χ3v) is 4.03. The third-order valence-electron chi connectivity index (χ3n) is 4.03. The van der Waals surface area contributed by atoms with Crippen LogP contribution in [-0.4, -0.2) is 64.9 Å². The highest BCUT2D eigenvalue weighted by molar-refractivity contribution is 6.36. The predicted molar refractivity (Wildman–Crippen MR) is 93.6 cm³/mol. The smallest absolute Gasteiger partial charge is 0.126 e. The molecule has 0 atom stereocenters. The average molecular weight is 302 g/mol. The maximum atomic E-state index is 8.69. The van der Waals surface area contributed by atoms with Gasteiger partial charge in [-0.2, -0.15) is 0 Å². The van der Waals surface area contributed by atoms with Crippen molar-refractivity contribution < 1.29 is 8.79 Å². The van der Waals surface area contributed by atoms with Crippen LogP contribution < -0.4 is 0 Å². The Morgan fingerprint density at radius 3 is 1.14 bits per heavy atom. The summed E-state index contributed by atoms with van der Waals surface area (Å²) in [7, 11) is 11.7. The molecule has 4 radical (unpaired) electrons. The third kappa shape index (κ3) is 12.7. The molecule has 122 valence electrons. The van der Waals surface area contributed by atoms with E-state index in [1.165, 1.54) is 51.4 Å². The highest BCUT2D eigenvalue weighted by Gasteiger charge is 2.04. The molecule has 4 nitrogen and oxygen atoms in total. The standard InChI is InChI=1S/C16H32B2N4/c1-21(2,17-15-19)13-11-9-7-5-6-8-10-12-14-22(3,4)18-16-20/h5-14H2,1-4H3. The summed E-state index contributed by atoms with van der Waals surface area (Å²) in [5, 5.41) is 17.4. The maximum Gasteiger partial charge on any atom is 0.126 e. The van der Waals surface area contributed by atoms with Crippen molar-refractivity contribution >= 4 is 14.8 Å². The lowest BCUT2D eigenvalue weighted by Gasteiger charge is -2.40. The topological polar surface area (TPSA) is 47.6 Å². The zero-order chi connectivity index (χ0) is 16.9. The summed E-state index contributed by atoms with van der Waals surface area (Å²) in [6.07, 6.45) is 10.2. The molecule has 0 bridgehead atoms. The lowest BCUT2D eigenvalue weighted by molar-refractivity contribution is -0.777. The van der Waals surface area contributed by atoms with E-state index in [0.717, 1.165) is 13.1 Å². The zero-order valence-electron chi connectivity index (χ0n) is 15.0. The quantitative estimate of drug-likeness (QED) is 0.387. The number of hydrogen-bond acceptors (Lipinski definition) is 2. The molecule has 0 aromatic heterocycles. The van der Waals surface area contributed by atoms with E-state index in [0.29, 0.717) is 8.79 Å². The number of quaternary nitrogens is 2. The van der Waals surface area contributed by atoms with Crippen LogP contribution in [0.3, 0.4) is 0 Å². The Morgan fingerprint density at radius 2 is 0.864 bits per heavy atom. The summed E-state index contributed by atoms with van der Waals surface area (Å²) >= 11 is 0. The highest BCUT2D eigenvalue weighted by atomic mass is 15.2. The number of unbranched alkanes of at least 4 members (excludes halogenated alkanes) is 7. The van der Waals surface area contributed by atoms with Crippen molar-refractivity contribution in [3.8, 4) is 11.9 Å². The van der Waals surface area contributed by atoms with Gasteiger partial charge in [0.05, 0.1) is 0 Å². The van der Waals surface area contributed by atoms with Gasteiger partial charge in [-0.1, -0.05) is 25.7 Å². The normalized spacial score (nSPS) is 11.9. The second-order valence-electron chi connectivity index (χ2n) is 7.35. The minimum atomic E-state index is 0.699. The molecule has 0 saturated heterocycles. The number of rotatable bonds is 13. The Hall–Kier alpha value is -0.970. The molecule has 0 N–H and O–H groups in total. The van der Waals surface area contributed by atoms with Crippen molar-refractivity contribution in [1.82, 2.24) is 0 Å². The fourth-order valence-corrected chi connectivity index (χ4v) is 2.54. The van der Waals surface area contributed by atoms with Crippen LogP contribution in [0, 0.1) is 22.5 Å². The lowest BCUT2D eigenvalue weighted by Crippen LogP contribution is -2.43.